The van der Waals surface area contributed by atoms with Gasteiger partial charge in [0.05, 0.1) is 0 Å². The first kappa shape index (κ1) is 8.89. The van der Waals surface area contributed by atoms with Crippen LogP contribution in [0.25, 0.3) is 0 Å². The van der Waals surface area contributed by atoms with Crippen molar-refractivity contribution in [1.29, 1.82) is 11.1 Å². The van der Waals surface area contributed by atoms with Gasteiger partial charge in [0.1, 0.15) is 11.1 Å². The van der Waals surface area contributed by atoms with E-state index in [1.807, 2.05) is 4.91 Å². The minimum Gasteiger partial charge on any atom is 0 e. The van der Waals surface area contributed by atoms with Crippen LogP contribution in [0.3, 0.4) is 0 Å². The van der Waals surface area contributed by atoms with Gasteiger partial charge < -0.3 is 0 Å². The fourth-order valence-corrected chi connectivity index (χ4v) is 0. The van der Waals surface area contributed by atoms with Gasteiger partial charge in [-0.1, -0.05) is 0 Å². The average molecular weight is 89.0 g/mol. The van der Waals surface area contributed by atoms with Crippen molar-refractivity contribution >= 4 is 0 Å². The largest absolute Gasteiger partial charge is 0.211 e. The third kappa shape index (κ3) is 93.6. The molecule has 0 aromatic rings. The molecule has 0 fully saturated rings. The van der Waals surface area contributed by atoms with Gasteiger partial charge in [-0.15, -0.1) is 0 Å². The molecule has 1 radical (unpaired) electrons. The molecule has 4 heavy (non-hydrogen) atoms. The van der Waals surface area contributed by atoms with Crippen LogP contribution >= 0.6 is 0 Å². The van der Waals surface area contributed by atoms with Crippen molar-refractivity contribution in [2.24, 2.45) is 0 Å². The Morgan fingerprint density at radius 3 is 1.25 bits per heavy atom. The fraction of sp³-hybridized carbons (Fsp3) is 0. The standard InChI is InChI=1S/H2N3.Sc/c1-3-2;/h1-2H;/q+1;. The molecular formula is H2N3Sc+. The molecule has 0 spiro atoms. The smallest absolute Gasteiger partial charge is 0 e. The normalized spacial score (nSPS) is 2.00. The second-order valence-electron chi connectivity index (χ2n) is 0.112. The maximum Gasteiger partial charge on any atom is 0.211 e. The van der Waals surface area contributed by atoms with E-state index in [4.69, 9.17) is 11.1 Å². The van der Waals surface area contributed by atoms with E-state index < -0.39 is 0 Å². The van der Waals surface area contributed by atoms with E-state index >= 15 is 0 Å². The van der Waals surface area contributed by atoms with Gasteiger partial charge in [0.15, 0.2) is 0 Å². The summed E-state index contributed by atoms with van der Waals surface area (Å²) in [7, 11) is 0. The molecule has 0 atom stereocenters. The molecule has 4 heteroatoms. The molecule has 0 aliphatic carbocycles. The van der Waals surface area contributed by atoms with Gasteiger partial charge in [-0.2, -0.15) is 0 Å². The van der Waals surface area contributed by atoms with E-state index in [9.17, 15) is 0 Å². The van der Waals surface area contributed by atoms with Gasteiger partial charge in [-0.25, -0.2) is 0 Å². The zero-order valence-electron chi connectivity index (χ0n) is 2.02. The molecule has 0 rings (SSSR count). The average Bonchev–Trinajstić information content (AvgIpc) is 0.918. The molecule has 0 amide bonds. The second-order valence-corrected chi connectivity index (χ2v) is 0.112. The van der Waals surface area contributed by atoms with E-state index in [1.165, 1.54) is 0 Å². The summed E-state index contributed by atoms with van der Waals surface area (Å²) in [6.07, 6.45) is 0. The minimum absolute atomic E-state index is 0. The van der Waals surface area contributed by atoms with Crippen LogP contribution < -0.4 is 4.91 Å². The Morgan fingerprint density at radius 1 is 1.25 bits per heavy atom. The van der Waals surface area contributed by atoms with E-state index in [0.717, 1.165) is 0 Å². The van der Waals surface area contributed by atoms with Crippen LogP contribution in [0, 0.1) is 11.1 Å². The first-order valence-electron chi connectivity index (χ1n) is 0.447. The van der Waals surface area contributed by atoms with E-state index in [2.05, 4.69) is 0 Å². The summed E-state index contributed by atoms with van der Waals surface area (Å²) < 4.78 is 0. The first-order valence-corrected chi connectivity index (χ1v) is 0.447. The first-order chi connectivity index (χ1) is 1.41. The molecule has 0 aliphatic heterocycles. The molecule has 0 aromatic carbocycles. The molecule has 0 aliphatic rings. The molecule has 3 nitrogen and oxygen atoms in total. The van der Waals surface area contributed by atoms with Crippen LogP contribution in [0.2, 0.25) is 0 Å². The molecule has 0 bridgehead atoms. The van der Waals surface area contributed by atoms with Gasteiger partial charge >= 0.3 is 0 Å². The van der Waals surface area contributed by atoms with Gasteiger partial charge in [0, 0.05) is 25.8 Å². The summed E-state index contributed by atoms with van der Waals surface area (Å²) in [4.78, 5) is 2.00. The van der Waals surface area contributed by atoms with E-state index in [1.54, 1.807) is 0 Å². The SMILES string of the molecule is N=[N+]=N.[Sc]. The van der Waals surface area contributed by atoms with Crippen LogP contribution in [0.1, 0.15) is 0 Å². The Morgan fingerprint density at radius 2 is 1.25 bits per heavy atom. The maximum absolute atomic E-state index is 5.50. The summed E-state index contributed by atoms with van der Waals surface area (Å²) in [5.74, 6) is 0. The van der Waals surface area contributed by atoms with E-state index in [-0.39, 0.29) is 25.8 Å². The number of rotatable bonds is 0. The molecule has 2 N–H and O–H groups in total. The summed E-state index contributed by atoms with van der Waals surface area (Å²) in [5.41, 5.74) is 11.0. The number of nitrogens with one attached hydrogen (secondary N) is 2. The minimum atomic E-state index is 0. The van der Waals surface area contributed by atoms with Gasteiger partial charge in [0.25, 0.3) is 0 Å². The van der Waals surface area contributed by atoms with Crippen LogP contribution in [-0.4, -0.2) is 0 Å². The van der Waals surface area contributed by atoms with Crippen molar-refractivity contribution in [3.63, 3.8) is 0 Å². The van der Waals surface area contributed by atoms with Crippen LogP contribution in [0.5, 0.6) is 0 Å². The Bertz CT molecular complexity index is 24.3. The topological polar surface area (TPSA) is 61.8 Å². The monoisotopic (exact) mass is 89.0 g/mol. The van der Waals surface area contributed by atoms with Crippen molar-refractivity contribution in [2.45, 2.75) is 0 Å². The molecule has 0 heterocycles. The third-order valence-corrected chi connectivity index (χ3v) is 0. The number of nitrogens with zero attached hydrogens (tertiary/aromatic N) is 1. The summed E-state index contributed by atoms with van der Waals surface area (Å²) in [6, 6.07) is 0. The van der Waals surface area contributed by atoms with Crippen molar-refractivity contribution in [3.05, 3.63) is 0 Å². The summed E-state index contributed by atoms with van der Waals surface area (Å²) >= 11 is 0. The molecule has 0 aromatic heterocycles. The van der Waals surface area contributed by atoms with Crippen molar-refractivity contribution in [3.8, 4) is 0 Å². The van der Waals surface area contributed by atoms with Crippen LogP contribution in [-0.2, 0) is 25.8 Å². The van der Waals surface area contributed by atoms with Crippen LogP contribution in [0.15, 0.2) is 0 Å². The Labute approximate surface area is 42.2 Å². The Kier molecular flexibility index (Phi) is 24.1. The predicted octanol–water partition coefficient (Wildman–Crippen LogP) is 0.113. The fourth-order valence-electron chi connectivity index (χ4n) is 0. The quantitative estimate of drug-likeness (QED) is 0.312. The van der Waals surface area contributed by atoms with Crippen molar-refractivity contribution in [2.75, 3.05) is 0 Å². The zero-order chi connectivity index (χ0) is 2.71. The number of hydrogen-bond donors (Lipinski definition) is 2. The third-order valence-electron chi connectivity index (χ3n) is 0. The van der Waals surface area contributed by atoms with Gasteiger partial charge in [-0.05, 0) is 0 Å². The number of hydrogen-bond acceptors (Lipinski definition) is 2. The molecule has 0 unspecified atom stereocenters. The van der Waals surface area contributed by atoms with Crippen LogP contribution in [0.4, 0.5) is 0 Å². The zero-order valence-corrected chi connectivity index (χ0v) is 3.83. The van der Waals surface area contributed by atoms with Gasteiger partial charge in [0.2, 0.25) is 4.91 Å². The summed E-state index contributed by atoms with van der Waals surface area (Å²) in [5, 5.41) is 0. The van der Waals surface area contributed by atoms with Crippen molar-refractivity contribution in [1.82, 2.24) is 4.91 Å². The molecular weight excluding hydrogens is 87.0 g/mol. The molecule has 19 valence electrons. The molecule has 0 saturated carbocycles. The Hall–Kier alpha value is 0.180. The van der Waals surface area contributed by atoms with Gasteiger partial charge in [-0.3, -0.25) is 0 Å². The second kappa shape index (κ2) is 10.9. The molecule has 0 saturated heterocycles. The van der Waals surface area contributed by atoms with Crippen molar-refractivity contribution < 1.29 is 25.8 Å². The predicted molar refractivity (Wildman–Crippen MR) is 7.57 cm³/mol. The summed E-state index contributed by atoms with van der Waals surface area (Å²) in [6.45, 7) is 0. The maximum atomic E-state index is 5.50. The van der Waals surface area contributed by atoms with E-state index in [0.29, 0.717) is 0 Å². The Balaban J connectivity index is 0.